The van der Waals surface area contributed by atoms with Gasteiger partial charge in [-0.3, -0.25) is 0 Å². The highest BCUT2D eigenvalue weighted by Crippen LogP contribution is 2.42. The van der Waals surface area contributed by atoms with Gasteiger partial charge in [-0.2, -0.15) is 0 Å². The van der Waals surface area contributed by atoms with Crippen molar-refractivity contribution in [3.05, 3.63) is 29.8 Å². The normalized spacial score (nSPS) is 16.8. The van der Waals surface area contributed by atoms with Gasteiger partial charge in [0, 0.05) is 11.6 Å². The quantitative estimate of drug-likeness (QED) is 0.878. The van der Waals surface area contributed by atoms with Crippen molar-refractivity contribution in [2.75, 3.05) is 0 Å². The molecule has 2 N–H and O–H groups in total. The Bertz CT molecular complexity index is 336. The first-order chi connectivity index (χ1) is 7.18. The molecule has 1 fully saturated rings. The van der Waals surface area contributed by atoms with Crippen LogP contribution in [-0.2, 0) is 0 Å². The van der Waals surface area contributed by atoms with E-state index in [4.69, 9.17) is 10.5 Å². The summed E-state index contributed by atoms with van der Waals surface area (Å²) in [4.78, 5) is 0. The lowest BCUT2D eigenvalue weighted by atomic mass is 10.0. The Morgan fingerprint density at radius 2 is 1.88 bits per heavy atom. The van der Waals surface area contributed by atoms with Crippen molar-refractivity contribution < 1.29 is 4.74 Å². The molecular formula is C13H20ClNO. The molecule has 1 aliphatic carbocycles. The van der Waals surface area contributed by atoms with E-state index in [9.17, 15) is 0 Å². The number of para-hydroxylation sites is 1. The number of ether oxygens (including phenoxy) is 1. The van der Waals surface area contributed by atoms with Crippen LogP contribution in [0.3, 0.4) is 0 Å². The molecule has 1 aliphatic rings. The van der Waals surface area contributed by atoms with Crippen LogP contribution in [0.4, 0.5) is 0 Å². The minimum absolute atomic E-state index is 0. The highest BCUT2D eigenvalue weighted by molar-refractivity contribution is 5.85. The molecule has 1 aromatic rings. The van der Waals surface area contributed by atoms with Gasteiger partial charge in [0.05, 0.1) is 6.10 Å². The van der Waals surface area contributed by atoms with Crippen LogP contribution in [0.5, 0.6) is 5.75 Å². The molecule has 16 heavy (non-hydrogen) atoms. The van der Waals surface area contributed by atoms with E-state index in [1.54, 1.807) is 0 Å². The molecule has 0 aromatic heterocycles. The molecule has 1 saturated carbocycles. The third kappa shape index (κ3) is 3.13. The fourth-order valence-electron chi connectivity index (χ4n) is 1.83. The van der Waals surface area contributed by atoms with Crippen molar-refractivity contribution in [2.45, 2.75) is 38.8 Å². The lowest BCUT2D eigenvalue weighted by Crippen LogP contribution is -2.15. The number of nitrogens with two attached hydrogens (primary N) is 1. The van der Waals surface area contributed by atoms with Gasteiger partial charge < -0.3 is 10.5 Å². The summed E-state index contributed by atoms with van der Waals surface area (Å²) in [5.41, 5.74) is 7.36. The van der Waals surface area contributed by atoms with Crippen LogP contribution in [0.25, 0.3) is 0 Å². The smallest absolute Gasteiger partial charge is 0.124 e. The zero-order valence-electron chi connectivity index (χ0n) is 9.85. The molecule has 1 atom stereocenters. The van der Waals surface area contributed by atoms with Gasteiger partial charge in [-0.1, -0.05) is 18.2 Å². The number of halogens is 1. The molecule has 0 heterocycles. The molecule has 0 radical (unpaired) electrons. The average Bonchev–Trinajstić information content (AvgIpc) is 3.00. The van der Waals surface area contributed by atoms with Crippen LogP contribution in [0.1, 0.15) is 38.3 Å². The van der Waals surface area contributed by atoms with Crippen molar-refractivity contribution in [1.29, 1.82) is 0 Å². The molecule has 0 saturated heterocycles. The van der Waals surface area contributed by atoms with Crippen LogP contribution in [0.2, 0.25) is 0 Å². The molecular weight excluding hydrogens is 222 g/mol. The van der Waals surface area contributed by atoms with Gasteiger partial charge in [-0.15, -0.1) is 12.4 Å². The monoisotopic (exact) mass is 241 g/mol. The second-order valence-corrected chi connectivity index (χ2v) is 4.57. The van der Waals surface area contributed by atoms with Gasteiger partial charge in [0.2, 0.25) is 0 Å². The van der Waals surface area contributed by atoms with Crippen LogP contribution in [0, 0.1) is 5.92 Å². The maximum atomic E-state index is 6.20. The Hall–Kier alpha value is -0.730. The topological polar surface area (TPSA) is 35.2 Å². The van der Waals surface area contributed by atoms with E-state index >= 15 is 0 Å². The van der Waals surface area contributed by atoms with E-state index in [-0.39, 0.29) is 24.6 Å². The van der Waals surface area contributed by atoms with E-state index in [0.29, 0.717) is 5.92 Å². The molecule has 3 heteroatoms. The van der Waals surface area contributed by atoms with Crippen molar-refractivity contribution in [1.82, 2.24) is 0 Å². The first kappa shape index (κ1) is 13.3. The summed E-state index contributed by atoms with van der Waals surface area (Å²) in [6.45, 7) is 4.08. The largest absolute Gasteiger partial charge is 0.491 e. The minimum atomic E-state index is 0. The van der Waals surface area contributed by atoms with Crippen molar-refractivity contribution in [3.63, 3.8) is 0 Å². The average molecular weight is 242 g/mol. The van der Waals surface area contributed by atoms with Gasteiger partial charge in [0.25, 0.3) is 0 Å². The predicted octanol–water partition coefficient (Wildman–Crippen LogP) is 3.31. The zero-order valence-corrected chi connectivity index (χ0v) is 10.7. The van der Waals surface area contributed by atoms with E-state index in [0.717, 1.165) is 11.3 Å². The molecule has 0 amide bonds. The SMILES string of the molecule is CC(C)Oc1ccccc1[C@H](N)C1CC1.Cl. The standard InChI is InChI=1S/C13H19NO.ClH/c1-9(2)15-12-6-4-3-5-11(12)13(14)10-7-8-10;/h3-6,9-10,13H,7-8,14H2,1-2H3;1H/t13-;/m1./s1. The molecule has 2 rings (SSSR count). The second-order valence-electron chi connectivity index (χ2n) is 4.57. The van der Waals surface area contributed by atoms with Crippen LogP contribution in [0.15, 0.2) is 24.3 Å². The van der Waals surface area contributed by atoms with Gasteiger partial charge in [-0.05, 0) is 38.7 Å². The molecule has 0 bridgehead atoms. The lowest BCUT2D eigenvalue weighted by Gasteiger charge is -2.18. The molecule has 0 aliphatic heterocycles. The summed E-state index contributed by atoms with van der Waals surface area (Å²) in [5, 5.41) is 0. The fourth-order valence-corrected chi connectivity index (χ4v) is 1.83. The van der Waals surface area contributed by atoms with Crippen molar-refractivity contribution in [2.24, 2.45) is 11.7 Å². The number of hydrogen-bond acceptors (Lipinski definition) is 2. The van der Waals surface area contributed by atoms with Crippen LogP contribution >= 0.6 is 12.4 Å². The highest BCUT2D eigenvalue weighted by Gasteiger charge is 2.31. The van der Waals surface area contributed by atoms with Crippen molar-refractivity contribution >= 4 is 12.4 Å². The Morgan fingerprint density at radius 1 is 1.25 bits per heavy atom. The Morgan fingerprint density at radius 3 is 2.44 bits per heavy atom. The van der Waals surface area contributed by atoms with Gasteiger partial charge >= 0.3 is 0 Å². The molecule has 90 valence electrons. The summed E-state index contributed by atoms with van der Waals surface area (Å²) in [7, 11) is 0. The van der Waals surface area contributed by atoms with Crippen molar-refractivity contribution in [3.8, 4) is 5.75 Å². The third-order valence-corrected chi connectivity index (χ3v) is 2.77. The Labute approximate surface area is 104 Å². The summed E-state index contributed by atoms with van der Waals surface area (Å²) in [6.07, 6.45) is 2.73. The first-order valence-electron chi connectivity index (χ1n) is 5.69. The fraction of sp³-hybridized carbons (Fsp3) is 0.538. The predicted molar refractivity (Wildman–Crippen MR) is 69.1 cm³/mol. The van der Waals surface area contributed by atoms with Gasteiger partial charge in [-0.25, -0.2) is 0 Å². The maximum Gasteiger partial charge on any atom is 0.124 e. The van der Waals surface area contributed by atoms with Gasteiger partial charge in [0.1, 0.15) is 5.75 Å². The lowest BCUT2D eigenvalue weighted by molar-refractivity contribution is 0.238. The number of hydrogen-bond donors (Lipinski definition) is 1. The Balaban J connectivity index is 0.00000128. The summed E-state index contributed by atoms with van der Waals surface area (Å²) in [5.74, 6) is 1.62. The maximum absolute atomic E-state index is 6.20. The first-order valence-corrected chi connectivity index (χ1v) is 5.69. The highest BCUT2D eigenvalue weighted by atomic mass is 35.5. The molecule has 0 spiro atoms. The Kier molecular flexibility index (Phi) is 4.63. The number of benzene rings is 1. The van der Waals surface area contributed by atoms with E-state index in [2.05, 4.69) is 6.07 Å². The van der Waals surface area contributed by atoms with Crippen LogP contribution < -0.4 is 10.5 Å². The summed E-state index contributed by atoms with van der Waals surface area (Å²) < 4.78 is 5.76. The minimum Gasteiger partial charge on any atom is -0.491 e. The second kappa shape index (κ2) is 5.55. The van der Waals surface area contributed by atoms with Crippen LogP contribution in [-0.4, -0.2) is 6.10 Å². The van der Waals surface area contributed by atoms with Gasteiger partial charge in [0.15, 0.2) is 0 Å². The zero-order chi connectivity index (χ0) is 10.8. The summed E-state index contributed by atoms with van der Waals surface area (Å²) in [6, 6.07) is 8.28. The third-order valence-electron chi connectivity index (χ3n) is 2.77. The van der Waals surface area contributed by atoms with E-state index < -0.39 is 0 Å². The van der Waals surface area contributed by atoms with E-state index in [1.807, 2.05) is 32.0 Å². The van der Waals surface area contributed by atoms with E-state index in [1.165, 1.54) is 12.8 Å². The molecule has 1 aromatic carbocycles. The molecule has 0 unspecified atom stereocenters. The molecule has 2 nitrogen and oxygen atoms in total. The number of rotatable bonds is 4. The summed E-state index contributed by atoms with van der Waals surface area (Å²) >= 11 is 0.